The summed E-state index contributed by atoms with van der Waals surface area (Å²) in [5.74, 6) is -1.09. The molecule has 3 rings (SSSR count). The lowest BCUT2D eigenvalue weighted by molar-refractivity contribution is -0.123. The zero-order valence-corrected chi connectivity index (χ0v) is 18.8. The Hall–Kier alpha value is -3.50. The molecule has 1 aromatic heterocycles. The highest BCUT2D eigenvalue weighted by atomic mass is 32.2. The van der Waals surface area contributed by atoms with E-state index >= 15 is 0 Å². The van der Waals surface area contributed by atoms with Gasteiger partial charge in [0.25, 0.3) is 0 Å². The molecule has 2 aromatic carbocycles. The number of carbonyl (C=O) groups excluding carboxylic acids is 2. The molecule has 174 valence electrons. The summed E-state index contributed by atoms with van der Waals surface area (Å²) in [4.78, 5) is 26.4. The normalized spacial score (nSPS) is 11.2. The SMILES string of the molecule is CCc1ccc(N(CC(=O)NCc2ccco2)C(=O)CNS(=O)(=O)c2ccc(F)cc2)cc1. The van der Waals surface area contributed by atoms with Crippen LogP contribution in [0.3, 0.4) is 0 Å². The summed E-state index contributed by atoms with van der Waals surface area (Å²) in [6, 6.07) is 14.7. The molecule has 0 unspecified atom stereocenters. The van der Waals surface area contributed by atoms with E-state index in [-0.39, 0.29) is 18.0 Å². The molecule has 0 fully saturated rings. The van der Waals surface area contributed by atoms with Crippen LogP contribution in [-0.2, 0) is 32.6 Å². The Morgan fingerprint density at radius 2 is 1.73 bits per heavy atom. The van der Waals surface area contributed by atoms with Gasteiger partial charge in [-0.1, -0.05) is 19.1 Å². The number of sulfonamides is 1. The number of nitrogens with zero attached hydrogens (tertiary/aromatic N) is 1. The molecular formula is C23H24FN3O5S. The van der Waals surface area contributed by atoms with Crippen molar-refractivity contribution in [2.24, 2.45) is 0 Å². The second-order valence-electron chi connectivity index (χ2n) is 7.13. The lowest BCUT2D eigenvalue weighted by Gasteiger charge is -2.23. The molecule has 2 N–H and O–H groups in total. The number of rotatable bonds is 10. The van der Waals surface area contributed by atoms with Crippen LogP contribution in [-0.4, -0.2) is 33.3 Å². The number of hydrogen-bond acceptors (Lipinski definition) is 5. The zero-order chi connectivity index (χ0) is 23.8. The van der Waals surface area contributed by atoms with Gasteiger partial charge >= 0.3 is 0 Å². The largest absolute Gasteiger partial charge is 0.467 e. The fraction of sp³-hybridized carbons (Fsp3) is 0.217. The molecule has 1 heterocycles. The number of hydrogen-bond donors (Lipinski definition) is 2. The number of aryl methyl sites for hydroxylation is 1. The highest BCUT2D eigenvalue weighted by molar-refractivity contribution is 7.89. The molecule has 33 heavy (non-hydrogen) atoms. The highest BCUT2D eigenvalue weighted by Crippen LogP contribution is 2.16. The first-order valence-corrected chi connectivity index (χ1v) is 11.7. The molecule has 3 aromatic rings. The molecule has 10 heteroatoms. The first-order chi connectivity index (χ1) is 15.8. The van der Waals surface area contributed by atoms with Crippen LogP contribution in [0.4, 0.5) is 10.1 Å². The van der Waals surface area contributed by atoms with E-state index in [4.69, 9.17) is 4.42 Å². The fourth-order valence-corrected chi connectivity index (χ4v) is 3.96. The summed E-state index contributed by atoms with van der Waals surface area (Å²) in [6.45, 7) is 1.24. The summed E-state index contributed by atoms with van der Waals surface area (Å²) in [5.41, 5.74) is 1.50. The van der Waals surface area contributed by atoms with E-state index in [0.717, 1.165) is 36.2 Å². The van der Waals surface area contributed by atoms with Gasteiger partial charge in [-0.2, -0.15) is 0 Å². The number of amides is 2. The Kier molecular flexibility index (Phi) is 7.96. The third kappa shape index (κ3) is 6.74. The van der Waals surface area contributed by atoms with Crippen LogP contribution < -0.4 is 14.9 Å². The van der Waals surface area contributed by atoms with E-state index in [1.807, 2.05) is 19.1 Å². The highest BCUT2D eigenvalue weighted by Gasteiger charge is 2.22. The number of carbonyl (C=O) groups is 2. The minimum atomic E-state index is -4.04. The van der Waals surface area contributed by atoms with Crippen LogP contribution in [0.1, 0.15) is 18.2 Å². The Morgan fingerprint density at radius 1 is 1.03 bits per heavy atom. The Balaban J connectivity index is 1.71. The first kappa shape index (κ1) is 24.1. The van der Waals surface area contributed by atoms with Crippen LogP contribution in [0.25, 0.3) is 0 Å². The molecule has 0 aliphatic heterocycles. The van der Waals surface area contributed by atoms with E-state index in [1.165, 1.54) is 11.2 Å². The summed E-state index contributed by atoms with van der Waals surface area (Å²) < 4.78 is 45.4. The quantitative estimate of drug-likeness (QED) is 0.471. The topological polar surface area (TPSA) is 109 Å². The molecule has 0 bridgehead atoms. The second kappa shape index (κ2) is 10.9. The third-order valence-corrected chi connectivity index (χ3v) is 6.25. The van der Waals surface area contributed by atoms with E-state index in [9.17, 15) is 22.4 Å². The lowest BCUT2D eigenvalue weighted by atomic mass is 10.1. The van der Waals surface area contributed by atoms with Gasteiger partial charge in [0, 0.05) is 5.69 Å². The maximum atomic E-state index is 13.1. The van der Waals surface area contributed by atoms with Crippen molar-refractivity contribution in [1.82, 2.24) is 10.0 Å². The van der Waals surface area contributed by atoms with Crippen molar-refractivity contribution in [1.29, 1.82) is 0 Å². The minimum absolute atomic E-state index is 0.153. The maximum Gasteiger partial charge on any atom is 0.242 e. The Morgan fingerprint density at radius 3 is 2.33 bits per heavy atom. The Labute approximate surface area is 191 Å². The summed E-state index contributed by atoms with van der Waals surface area (Å²) in [6.07, 6.45) is 2.29. The molecule has 0 radical (unpaired) electrons. The number of halogens is 1. The van der Waals surface area contributed by atoms with Gasteiger partial charge < -0.3 is 14.6 Å². The third-order valence-electron chi connectivity index (χ3n) is 4.84. The van der Waals surface area contributed by atoms with E-state index in [0.29, 0.717) is 11.4 Å². The van der Waals surface area contributed by atoms with Crippen molar-refractivity contribution in [3.8, 4) is 0 Å². The smallest absolute Gasteiger partial charge is 0.242 e. The molecule has 0 aliphatic carbocycles. The predicted molar refractivity (Wildman–Crippen MR) is 120 cm³/mol. The van der Waals surface area contributed by atoms with Crippen molar-refractivity contribution >= 4 is 27.5 Å². The van der Waals surface area contributed by atoms with Crippen LogP contribution in [0.15, 0.2) is 76.2 Å². The van der Waals surface area contributed by atoms with Gasteiger partial charge in [-0.25, -0.2) is 17.5 Å². The Bertz CT molecular complexity index is 1180. The molecule has 0 saturated carbocycles. The average Bonchev–Trinajstić information content (AvgIpc) is 3.34. The van der Waals surface area contributed by atoms with Gasteiger partial charge in [0.1, 0.15) is 18.1 Å². The van der Waals surface area contributed by atoms with Gasteiger partial charge in [0.15, 0.2) is 0 Å². The number of anilines is 1. The van der Waals surface area contributed by atoms with Crippen molar-refractivity contribution in [2.75, 3.05) is 18.0 Å². The molecular weight excluding hydrogens is 449 g/mol. The van der Waals surface area contributed by atoms with E-state index < -0.39 is 34.2 Å². The standard InChI is InChI=1S/C23H24FN3O5S/c1-2-17-5-9-19(10-6-17)27(16-22(28)25-14-20-4-3-13-32-20)23(29)15-26-33(30,31)21-11-7-18(24)8-12-21/h3-13,26H,2,14-16H2,1H3,(H,25,28). The predicted octanol–water partition coefficient (Wildman–Crippen LogP) is 2.61. The van der Waals surface area contributed by atoms with Crippen molar-refractivity contribution < 1.29 is 26.8 Å². The molecule has 0 aliphatic rings. The van der Waals surface area contributed by atoms with Gasteiger partial charge in [0.2, 0.25) is 21.8 Å². The van der Waals surface area contributed by atoms with E-state index in [2.05, 4.69) is 10.0 Å². The molecule has 0 spiro atoms. The second-order valence-corrected chi connectivity index (χ2v) is 8.90. The fourth-order valence-electron chi connectivity index (χ4n) is 2.98. The van der Waals surface area contributed by atoms with Gasteiger partial charge in [-0.3, -0.25) is 9.59 Å². The number of benzene rings is 2. The molecule has 0 atom stereocenters. The molecule has 0 saturated heterocycles. The number of nitrogens with one attached hydrogen (secondary N) is 2. The van der Waals surface area contributed by atoms with Gasteiger partial charge in [0.05, 0.1) is 24.2 Å². The van der Waals surface area contributed by atoms with Crippen LogP contribution in [0, 0.1) is 5.82 Å². The van der Waals surface area contributed by atoms with Gasteiger partial charge in [-0.05, 0) is 60.5 Å². The van der Waals surface area contributed by atoms with E-state index in [1.54, 1.807) is 24.3 Å². The monoisotopic (exact) mass is 473 g/mol. The van der Waals surface area contributed by atoms with Crippen LogP contribution in [0.5, 0.6) is 0 Å². The lowest BCUT2D eigenvalue weighted by Crippen LogP contribution is -2.45. The number of furan rings is 1. The summed E-state index contributed by atoms with van der Waals surface area (Å²) in [5, 5.41) is 2.67. The van der Waals surface area contributed by atoms with Crippen molar-refractivity contribution in [3.63, 3.8) is 0 Å². The maximum absolute atomic E-state index is 13.1. The zero-order valence-electron chi connectivity index (χ0n) is 18.0. The first-order valence-electron chi connectivity index (χ1n) is 10.2. The average molecular weight is 474 g/mol. The van der Waals surface area contributed by atoms with Crippen LogP contribution in [0.2, 0.25) is 0 Å². The van der Waals surface area contributed by atoms with Crippen molar-refractivity contribution in [3.05, 3.63) is 84.1 Å². The summed E-state index contributed by atoms with van der Waals surface area (Å²) >= 11 is 0. The molecule has 2 amide bonds. The minimum Gasteiger partial charge on any atom is -0.467 e. The van der Waals surface area contributed by atoms with Crippen molar-refractivity contribution in [2.45, 2.75) is 24.8 Å². The molecule has 8 nitrogen and oxygen atoms in total. The summed E-state index contributed by atoms with van der Waals surface area (Å²) in [7, 11) is -4.04. The van der Waals surface area contributed by atoms with Crippen LogP contribution >= 0.6 is 0 Å². The van der Waals surface area contributed by atoms with Gasteiger partial charge in [-0.15, -0.1) is 0 Å².